The van der Waals surface area contributed by atoms with Gasteiger partial charge in [-0.15, -0.1) is 0 Å². The lowest BCUT2D eigenvalue weighted by Crippen LogP contribution is -2.43. The Morgan fingerprint density at radius 1 is 1.03 bits per heavy atom. The Labute approximate surface area is 208 Å². The van der Waals surface area contributed by atoms with Gasteiger partial charge in [0.25, 0.3) is 0 Å². The van der Waals surface area contributed by atoms with Gasteiger partial charge in [0.1, 0.15) is 19.7 Å². The number of aliphatic hydroxyl groups is 1. The Morgan fingerprint density at radius 3 is 2.32 bits per heavy atom. The van der Waals surface area contributed by atoms with Crippen LogP contribution in [0.3, 0.4) is 0 Å². The van der Waals surface area contributed by atoms with Gasteiger partial charge in [0.05, 0.1) is 18.8 Å². The molecule has 34 heavy (non-hydrogen) atoms. The van der Waals surface area contributed by atoms with Crippen LogP contribution in [0.25, 0.3) is 0 Å². The molecule has 3 atom stereocenters. The van der Waals surface area contributed by atoms with Crippen LogP contribution in [0.5, 0.6) is 0 Å². The summed E-state index contributed by atoms with van der Waals surface area (Å²) in [5.41, 5.74) is 0.558. The standard InChI is InChI=1S/C27H46O6Si/c1-23(33-34(7,8)26(2,3)4)19-25(28)15-12-16-27(5,32-21-29-6)17-18-30-22-31-20-24-13-10-9-11-14-24/h9-11,13-14,23,25,28H,16-22H2,1-8H3/t23-,25-,27-/m0/s1. The van der Waals surface area contributed by atoms with Crippen molar-refractivity contribution in [2.24, 2.45) is 0 Å². The summed E-state index contributed by atoms with van der Waals surface area (Å²) in [6.07, 6.45) is 0.774. The number of ether oxygens (including phenoxy) is 4. The number of hydrogen-bond acceptors (Lipinski definition) is 6. The lowest BCUT2D eigenvalue weighted by atomic mass is 9.98. The van der Waals surface area contributed by atoms with Crippen LogP contribution < -0.4 is 0 Å². The first-order chi connectivity index (χ1) is 15.9. The second kappa shape index (κ2) is 15.0. The zero-order chi connectivity index (χ0) is 25.7. The second-order valence-electron chi connectivity index (χ2n) is 10.5. The predicted molar refractivity (Wildman–Crippen MR) is 139 cm³/mol. The van der Waals surface area contributed by atoms with Gasteiger partial charge in [0, 0.05) is 32.5 Å². The van der Waals surface area contributed by atoms with Gasteiger partial charge in [-0.25, -0.2) is 0 Å². The van der Waals surface area contributed by atoms with Crippen molar-refractivity contribution in [3.63, 3.8) is 0 Å². The van der Waals surface area contributed by atoms with Crippen LogP contribution in [0.1, 0.15) is 59.4 Å². The maximum Gasteiger partial charge on any atom is 0.192 e. The van der Waals surface area contributed by atoms with Crippen LogP contribution in [0.2, 0.25) is 18.1 Å². The fourth-order valence-electron chi connectivity index (χ4n) is 3.01. The fraction of sp³-hybridized carbons (Fsp3) is 0.704. The van der Waals surface area contributed by atoms with Crippen LogP contribution >= 0.6 is 0 Å². The molecule has 0 aliphatic rings. The average Bonchev–Trinajstić information content (AvgIpc) is 2.74. The van der Waals surface area contributed by atoms with Crippen LogP contribution in [0.15, 0.2) is 30.3 Å². The molecule has 1 N–H and O–H groups in total. The van der Waals surface area contributed by atoms with E-state index in [9.17, 15) is 5.11 Å². The summed E-state index contributed by atoms with van der Waals surface area (Å²) >= 11 is 0. The third-order valence-electron chi connectivity index (χ3n) is 6.17. The lowest BCUT2D eigenvalue weighted by molar-refractivity contribution is -0.138. The first-order valence-electron chi connectivity index (χ1n) is 12.0. The quantitative estimate of drug-likeness (QED) is 0.150. The molecule has 7 heteroatoms. The van der Waals surface area contributed by atoms with Crippen molar-refractivity contribution in [1.29, 1.82) is 0 Å². The third-order valence-corrected chi connectivity index (χ3v) is 10.8. The van der Waals surface area contributed by atoms with E-state index in [1.165, 1.54) is 0 Å². The number of aliphatic hydroxyl groups excluding tert-OH is 1. The molecule has 0 aliphatic heterocycles. The molecule has 0 amide bonds. The van der Waals surface area contributed by atoms with Crippen molar-refractivity contribution in [3.8, 4) is 11.8 Å². The Hall–Kier alpha value is -1.24. The van der Waals surface area contributed by atoms with Gasteiger partial charge in [-0.05, 0) is 37.5 Å². The van der Waals surface area contributed by atoms with E-state index in [-0.39, 0.29) is 24.7 Å². The molecule has 0 saturated carbocycles. The first-order valence-corrected chi connectivity index (χ1v) is 15.0. The molecule has 0 bridgehead atoms. The number of hydrogen-bond donors (Lipinski definition) is 1. The third kappa shape index (κ3) is 12.5. The minimum Gasteiger partial charge on any atom is -0.414 e. The minimum absolute atomic E-state index is 0.0504. The molecule has 1 aromatic rings. The molecule has 1 rings (SSSR count). The molecule has 6 nitrogen and oxygen atoms in total. The minimum atomic E-state index is -1.87. The maximum atomic E-state index is 10.4. The number of benzene rings is 1. The molecule has 0 heterocycles. The van der Waals surface area contributed by atoms with E-state index in [1.807, 2.05) is 44.2 Å². The van der Waals surface area contributed by atoms with Gasteiger partial charge in [0.15, 0.2) is 8.32 Å². The van der Waals surface area contributed by atoms with E-state index in [2.05, 4.69) is 45.7 Å². The number of methoxy groups -OCH3 is 1. The molecular formula is C27H46O6Si. The van der Waals surface area contributed by atoms with E-state index in [1.54, 1.807) is 7.11 Å². The largest absolute Gasteiger partial charge is 0.414 e. The number of rotatable bonds is 15. The summed E-state index contributed by atoms with van der Waals surface area (Å²) in [7, 11) is -0.282. The smallest absolute Gasteiger partial charge is 0.192 e. The Kier molecular flexibility index (Phi) is 13.6. The Bertz CT molecular complexity index is 737. The molecular weight excluding hydrogens is 448 g/mol. The van der Waals surface area contributed by atoms with Crippen molar-refractivity contribution in [2.45, 2.75) is 96.4 Å². The van der Waals surface area contributed by atoms with Crippen LogP contribution in [-0.4, -0.2) is 58.5 Å². The van der Waals surface area contributed by atoms with E-state index >= 15 is 0 Å². The van der Waals surface area contributed by atoms with Gasteiger partial charge >= 0.3 is 0 Å². The van der Waals surface area contributed by atoms with Crippen molar-refractivity contribution in [2.75, 3.05) is 27.3 Å². The normalized spacial score (nSPS) is 15.8. The van der Waals surface area contributed by atoms with Gasteiger partial charge in [0.2, 0.25) is 0 Å². The first kappa shape index (κ1) is 30.8. The van der Waals surface area contributed by atoms with Crippen LogP contribution in [0, 0.1) is 11.8 Å². The van der Waals surface area contributed by atoms with E-state index in [4.69, 9.17) is 23.4 Å². The molecule has 0 aliphatic carbocycles. The summed E-state index contributed by atoms with van der Waals surface area (Å²) in [4.78, 5) is 0. The topological polar surface area (TPSA) is 66.4 Å². The van der Waals surface area contributed by atoms with Gasteiger partial charge in [-0.3, -0.25) is 0 Å². The molecule has 0 unspecified atom stereocenters. The average molecular weight is 495 g/mol. The second-order valence-corrected chi connectivity index (χ2v) is 15.3. The Morgan fingerprint density at radius 2 is 1.71 bits per heavy atom. The summed E-state index contributed by atoms with van der Waals surface area (Å²) < 4.78 is 28.5. The van der Waals surface area contributed by atoms with Gasteiger partial charge < -0.3 is 28.5 Å². The van der Waals surface area contributed by atoms with Gasteiger partial charge in [-0.1, -0.05) is 62.9 Å². The molecule has 194 valence electrons. The highest BCUT2D eigenvalue weighted by molar-refractivity contribution is 6.74. The molecule has 0 aromatic heterocycles. The van der Waals surface area contributed by atoms with Crippen molar-refractivity contribution in [3.05, 3.63) is 35.9 Å². The molecule has 0 saturated heterocycles. The Balaban J connectivity index is 2.46. The van der Waals surface area contributed by atoms with Crippen molar-refractivity contribution < 1.29 is 28.5 Å². The molecule has 0 fully saturated rings. The van der Waals surface area contributed by atoms with E-state index in [0.717, 1.165) is 5.56 Å². The van der Waals surface area contributed by atoms with Gasteiger partial charge in [-0.2, -0.15) is 0 Å². The zero-order valence-corrected chi connectivity index (χ0v) is 23.5. The van der Waals surface area contributed by atoms with Crippen LogP contribution in [-0.2, 0) is 30.0 Å². The van der Waals surface area contributed by atoms with Crippen molar-refractivity contribution in [1.82, 2.24) is 0 Å². The zero-order valence-electron chi connectivity index (χ0n) is 22.5. The summed E-state index contributed by atoms with van der Waals surface area (Å²) in [5, 5.41) is 10.5. The molecule has 0 radical (unpaired) electrons. The van der Waals surface area contributed by atoms with Crippen LogP contribution in [0.4, 0.5) is 0 Å². The van der Waals surface area contributed by atoms with Crippen molar-refractivity contribution >= 4 is 8.32 Å². The highest BCUT2D eigenvalue weighted by atomic mass is 28.4. The molecule has 0 spiro atoms. The van der Waals surface area contributed by atoms with E-state index in [0.29, 0.717) is 32.5 Å². The fourth-order valence-corrected chi connectivity index (χ4v) is 4.47. The SMILES string of the molecule is COCO[C@@](C)(CC#C[C@H](O)C[C@H](C)O[Si](C)(C)C(C)(C)C)CCOCOCc1ccccc1. The van der Waals surface area contributed by atoms with E-state index < -0.39 is 20.0 Å². The molecule has 1 aromatic carbocycles. The summed E-state index contributed by atoms with van der Waals surface area (Å²) in [6, 6.07) is 9.98. The highest BCUT2D eigenvalue weighted by Gasteiger charge is 2.38. The lowest BCUT2D eigenvalue weighted by Gasteiger charge is -2.38. The highest BCUT2D eigenvalue weighted by Crippen LogP contribution is 2.37. The summed E-state index contributed by atoms with van der Waals surface area (Å²) in [6.45, 7) is 16.4. The predicted octanol–water partition coefficient (Wildman–Crippen LogP) is 5.50. The monoisotopic (exact) mass is 494 g/mol. The summed E-state index contributed by atoms with van der Waals surface area (Å²) in [5.74, 6) is 6.05. The maximum absolute atomic E-state index is 10.4.